The third-order valence-electron chi connectivity index (χ3n) is 4.06. The van der Waals surface area contributed by atoms with Gasteiger partial charge in [-0.15, -0.1) is 11.3 Å². The maximum Gasteiger partial charge on any atom is 0.341 e. The number of nitrogens with one attached hydrogen (secondary N) is 3. The van der Waals surface area contributed by atoms with Crippen LogP contribution >= 0.6 is 11.3 Å². The molecule has 0 saturated carbocycles. The van der Waals surface area contributed by atoms with Crippen LogP contribution in [0.1, 0.15) is 20.8 Å². The highest BCUT2D eigenvalue weighted by atomic mass is 32.1. The first kappa shape index (κ1) is 21.5. The Hall–Kier alpha value is -2.78. The number of hydrogen-bond donors (Lipinski definition) is 3. The molecule has 0 fully saturated rings. The lowest BCUT2D eigenvalue weighted by molar-refractivity contribution is -0.862. The average molecular weight is 408 g/mol. The van der Waals surface area contributed by atoms with Crippen molar-refractivity contribution in [3.05, 3.63) is 46.1 Å². The largest absolute Gasteiger partial charge is 0.465 e. The van der Waals surface area contributed by atoms with Crippen molar-refractivity contribution in [2.45, 2.75) is 13.8 Å². The van der Waals surface area contributed by atoms with E-state index in [1.165, 1.54) is 36.6 Å². The lowest BCUT2D eigenvalue weighted by Crippen LogP contribution is -3.11. The molecule has 9 heteroatoms. The number of rotatable bonds is 7. The minimum absolute atomic E-state index is 0.0210. The first-order valence-corrected chi connectivity index (χ1v) is 9.37. The van der Waals surface area contributed by atoms with E-state index in [2.05, 4.69) is 10.6 Å². The van der Waals surface area contributed by atoms with E-state index in [0.29, 0.717) is 21.2 Å². The number of halogens is 1. The number of ether oxygens (including phenoxy) is 1. The molecule has 150 valence electrons. The summed E-state index contributed by atoms with van der Waals surface area (Å²) in [6.45, 7) is 3.70. The second-order valence-corrected chi connectivity index (χ2v) is 7.62. The summed E-state index contributed by atoms with van der Waals surface area (Å²) in [7, 11) is 2.98. The number of hydrogen-bond acceptors (Lipinski definition) is 5. The number of esters is 1. The quantitative estimate of drug-likeness (QED) is 0.604. The summed E-state index contributed by atoms with van der Waals surface area (Å²) in [5, 5.41) is 5.75. The van der Waals surface area contributed by atoms with Crippen LogP contribution in [0.15, 0.2) is 24.3 Å². The number of likely N-dealkylation sites (N-methyl/N-ethyl adjacent to an activating group) is 1. The molecule has 2 aromatic rings. The van der Waals surface area contributed by atoms with E-state index in [1.54, 1.807) is 20.0 Å². The second-order valence-electron chi connectivity index (χ2n) is 6.40. The number of aryl methyl sites for hydroxylation is 1. The number of quaternary nitrogens is 1. The molecule has 1 aromatic heterocycles. The molecule has 1 heterocycles. The summed E-state index contributed by atoms with van der Waals surface area (Å²) in [5.74, 6) is -1.62. The Morgan fingerprint density at radius 2 is 1.79 bits per heavy atom. The smallest absolute Gasteiger partial charge is 0.341 e. The predicted molar refractivity (Wildman–Crippen MR) is 105 cm³/mol. The van der Waals surface area contributed by atoms with Crippen LogP contribution in [0.4, 0.5) is 15.1 Å². The van der Waals surface area contributed by atoms with Gasteiger partial charge in [-0.1, -0.05) is 6.07 Å². The van der Waals surface area contributed by atoms with E-state index in [-0.39, 0.29) is 24.9 Å². The van der Waals surface area contributed by atoms with Gasteiger partial charge in [0.25, 0.3) is 11.8 Å². The molecule has 2 rings (SSSR count). The van der Waals surface area contributed by atoms with Crippen molar-refractivity contribution in [3.63, 3.8) is 0 Å². The Morgan fingerprint density at radius 3 is 2.39 bits per heavy atom. The number of carbonyl (C=O) groups is 3. The molecule has 0 aliphatic carbocycles. The molecule has 7 nitrogen and oxygen atoms in total. The van der Waals surface area contributed by atoms with Crippen LogP contribution in [-0.2, 0) is 14.3 Å². The van der Waals surface area contributed by atoms with Crippen LogP contribution in [0.3, 0.4) is 0 Å². The molecule has 3 N–H and O–H groups in total. The van der Waals surface area contributed by atoms with Crippen molar-refractivity contribution < 1.29 is 28.4 Å². The Labute approximate surface area is 166 Å². The zero-order chi connectivity index (χ0) is 20.8. The number of benzene rings is 1. The normalized spacial score (nSPS) is 11.6. The topological polar surface area (TPSA) is 88.9 Å². The fraction of sp³-hybridized carbons (Fsp3) is 0.316. The van der Waals surface area contributed by atoms with Crippen molar-refractivity contribution in [2.75, 3.05) is 37.9 Å². The molecule has 0 spiro atoms. The molecule has 0 bridgehead atoms. The van der Waals surface area contributed by atoms with E-state index >= 15 is 0 Å². The molecule has 0 aliphatic heterocycles. The van der Waals surface area contributed by atoms with Gasteiger partial charge in [0, 0.05) is 10.6 Å². The third-order valence-corrected chi connectivity index (χ3v) is 5.18. The highest BCUT2D eigenvalue weighted by molar-refractivity contribution is 7.16. The zero-order valence-corrected chi connectivity index (χ0v) is 17.0. The fourth-order valence-electron chi connectivity index (χ4n) is 2.62. The minimum atomic E-state index is -0.507. The molecule has 0 radical (unpaired) electrons. The Bertz CT molecular complexity index is 897. The maximum atomic E-state index is 13.2. The van der Waals surface area contributed by atoms with Gasteiger partial charge in [0.15, 0.2) is 13.1 Å². The van der Waals surface area contributed by atoms with Crippen molar-refractivity contribution in [3.8, 4) is 0 Å². The van der Waals surface area contributed by atoms with Crippen molar-refractivity contribution >= 4 is 39.8 Å². The first-order valence-electron chi connectivity index (χ1n) is 8.56. The lowest BCUT2D eigenvalue weighted by atomic mass is 10.1. The maximum absolute atomic E-state index is 13.2. The molecule has 1 atom stereocenters. The molecular formula is C19H23FN3O4S+. The van der Waals surface area contributed by atoms with Gasteiger partial charge >= 0.3 is 5.97 Å². The molecule has 28 heavy (non-hydrogen) atoms. The van der Waals surface area contributed by atoms with Gasteiger partial charge in [-0.25, -0.2) is 9.18 Å². The van der Waals surface area contributed by atoms with E-state index in [4.69, 9.17) is 4.74 Å². The van der Waals surface area contributed by atoms with E-state index in [9.17, 15) is 18.8 Å². The lowest BCUT2D eigenvalue weighted by Gasteiger charge is -2.14. The minimum Gasteiger partial charge on any atom is -0.465 e. The summed E-state index contributed by atoms with van der Waals surface area (Å²) >= 11 is 1.30. The number of anilines is 2. The summed E-state index contributed by atoms with van der Waals surface area (Å²) in [4.78, 5) is 37.9. The van der Waals surface area contributed by atoms with Crippen LogP contribution in [0.2, 0.25) is 0 Å². The van der Waals surface area contributed by atoms with Crippen LogP contribution < -0.4 is 15.5 Å². The third kappa shape index (κ3) is 5.61. The van der Waals surface area contributed by atoms with Crippen LogP contribution in [-0.4, -0.2) is 45.0 Å². The summed E-state index contributed by atoms with van der Waals surface area (Å²) in [6, 6.07) is 5.58. The molecule has 1 unspecified atom stereocenters. The summed E-state index contributed by atoms with van der Waals surface area (Å²) in [6.07, 6.45) is 0. The standard InChI is InChI=1S/C19H22FN3O4S/c1-11-12(2)28-18(17(11)19(26)27-4)22-16(25)10-23(3)9-15(24)21-14-7-5-6-13(20)8-14/h5-8H,9-10H2,1-4H3,(H,21,24)(H,22,25)/p+1. The van der Waals surface area contributed by atoms with Gasteiger partial charge < -0.3 is 20.3 Å². The zero-order valence-electron chi connectivity index (χ0n) is 16.1. The molecule has 0 saturated heterocycles. The summed E-state index contributed by atoms with van der Waals surface area (Å²) < 4.78 is 17.9. The number of carbonyl (C=O) groups excluding carboxylic acids is 3. The van der Waals surface area contributed by atoms with Gasteiger partial charge in [-0.2, -0.15) is 0 Å². The predicted octanol–water partition coefficient (Wildman–Crippen LogP) is 1.38. The Balaban J connectivity index is 1.93. The van der Waals surface area contributed by atoms with Crippen molar-refractivity contribution in [1.82, 2.24) is 0 Å². The average Bonchev–Trinajstić information content (AvgIpc) is 2.87. The Morgan fingerprint density at radius 1 is 1.14 bits per heavy atom. The van der Waals surface area contributed by atoms with Gasteiger partial charge in [-0.05, 0) is 37.6 Å². The molecule has 2 amide bonds. The Kier molecular flexibility index (Phi) is 7.24. The number of amides is 2. The fourth-order valence-corrected chi connectivity index (χ4v) is 3.68. The number of thiophene rings is 1. The van der Waals surface area contributed by atoms with Crippen molar-refractivity contribution in [1.29, 1.82) is 0 Å². The van der Waals surface area contributed by atoms with E-state index in [0.717, 1.165) is 10.4 Å². The number of methoxy groups -OCH3 is 1. The van der Waals surface area contributed by atoms with Gasteiger partial charge in [0.1, 0.15) is 10.8 Å². The van der Waals surface area contributed by atoms with E-state index < -0.39 is 11.8 Å². The van der Waals surface area contributed by atoms with Crippen molar-refractivity contribution in [2.24, 2.45) is 0 Å². The summed E-state index contributed by atoms with van der Waals surface area (Å²) in [5.41, 5.74) is 1.47. The van der Waals surface area contributed by atoms with Crippen LogP contribution in [0, 0.1) is 19.7 Å². The molecule has 1 aromatic carbocycles. The second kappa shape index (κ2) is 9.43. The first-order chi connectivity index (χ1) is 13.2. The van der Waals surface area contributed by atoms with Gasteiger partial charge in [0.05, 0.1) is 19.7 Å². The van der Waals surface area contributed by atoms with E-state index in [1.807, 2.05) is 6.92 Å². The van der Waals surface area contributed by atoms with Crippen LogP contribution in [0.25, 0.3) is 0 Å². The highest BCUT2D eigenvalue weighted by Crippen LogP contribution is 2.32. The molecular weight excluding hydrogens is 385 g/mol. The molecule has 0 aliphatic rings. The van der Waals surface area contributed by atoms with Gasteiger partial charge in [-0.3, -0.25) is 9.59 Å². The SMILES string of the molecule is COC(=O)c1c(NC(=O)C[NH+](C)CC(=O)Nc2cccc(F)c2)sc(C)c1C. The van der Waals surface area contributed by atoms with Gasteiger partial charge in [0.2, 0.25) is 0 Å². The highest BCUT2D eigenvalue weighted by Gasteiger charge is 2.23. The monoisotopic (exact) mass is 408 g/mol. The van der Waals surface area contributed by atoms with Crippen LogP contribution in [0.5, 0.6) is 0 Å².